The number of aromatic nitrogens is 4. The number of imidazole rings is 1. The van der Waals surface area contributed by atoms with E-state index in [4.69, 9.17) is 4.98 Å². The molecule has 0 bridgehead atoms. The summed E-state index contributed by atoms with van der Waals surface area (Å²) in [7, 11) is 0. The molecule has 3 aromatic heterocycles. The molecule has 0 aliphatic heterocycles. The van der Waals surface area contributed by atoms with Crippen LogP contribution >= 0.6 is 23.3 Å². The van der Waals surface area contributed by atoms with Gasteiger partial charge < -0.3 is 9.72 Å². The van der Waals surface area contributed by atoms with Crippen molar-refractivity contribution in [3.63, 3.8) is 0 Å². The van der Waals surface area contributed by atoms with Crippen LogP contribution in [0.1, 0.15) is 26.5 Å². The van der Waals surface area contributed by atoms with E-state index in [9.17, 15) is 0 Å². The van der Waals surface area contributed by atoms with Gasteiger partial charge in [-0.05, 0) is 56.2 Å². The number of rotatable bonds is 4. The first-order chi connectivity index (χ1) is 10.0. The summed E-state index contributed by atoms with van der Waals surface area (Å²) >= 11 is 2.96. The summed E-state index contributed by atoms with van der Waals surface area (Å²) in [5, 5.41) is 4.51. The number of nitrogens with one attached hydrogen (secondary N) is 1. The van der Waals surface area contributed by atoms with E-state index in [1.807, 2.05) is 24.4 Å². The first-order valence-corrected chi connectivity index (χ1v) is 8.27. The molecular formula is C14H17N5S2. The molecule has 0 radical (unpaired) electrons. The molecule has 0 saturated heterocycles. The topological polar surface area (TPSA) is 55.1 Å². The van der Waals surface area contributed by atoms with Crippen molar-refractivity contribution in [2.24, 2.45) is 0 Å². The van der Waals surface area contributed by atoms with Crippen molar-refractivity contribution in [2.45, 2.75) is 42.2 Å². The number of hydrogen-bond donors (Lipinski definition) is 1. The fourth-order valence-electron chi connectivity index (χ4n) is 1.91. The molecule has 110 valence electrons. The highest BCUT2D eigenvalue weighted by atomic mass is 32.2. The van der Waals surface area contributed by atoms with Gasteiger partial charge >= 0.3 is 0 Å². The zero-order chi connectivity index (χ0) is 14.9. The van der Waals surface area contributed by atoms with Crippen LogP contribution in [0.25, 0.3) is 5.65 Å². The SMILES string of the molecule is CC(C)(C)NCc1c(Sc2ncns2)nc2ccccn12. The summed E-state index contributed by atoms with van der Waals surface area (Å²) in [5.74, 6) is 0. The lowest BCUT2D eigenvalue weighted by atomic mass is 10.1. The van der Waals surface area contributed by atoms with Crippen molar-refractivity contribution in [1.29, 1.82) is 0 Å². The molecule has 3 heterocycles. The number of pyridine rings is 1. The molecule has 5 nitrogen and oxygen atoms in total. The Bertz CT molecular complexity index is 727. The zero-order valence-electron chi connectivity index (χ0n) is 12.2. The summed E-state index contributed by atoms with van der Waals surface area (Å²) in [4.78, 5) is 8.95. The third-order valence-corrected chi connectivity index (χ3v) is 4.64. The molecule has 0 aromatic carbocycles. The van der Waals surface area contributed by atoms with Crippen LogP contribution in [0, 0.1) is 0 Å². The maximum atomic E-state index is 4.71. The molecule has 21 heavy (non-hydrogen) atoms. The van der Waals surface area contributed by atoms with Crippen molar-refractivity contribution < 1.29 is 0 Å². The smallest absolute Gasteiger partial charge is 0.176 e. The van der Waals surface area contributed by atoms with E-state index in [0.717, 1.165) is 27.3 Å². The summed E-state index contributed by atoms with van der Waals surface area (Å²) in [6.45, 7) is 7.24. The minimum absolute atomic E-state index is 0.0591. The lowest BCUT2D eigenvalue weighted by molar-refractivity contribution is 0.418. The van der Waals surface area contributed by atoms with Crippen LogP contribution in [0.4, 0.5) is 0 Å². The van der Waals surface area contributed by atoms with Crippen molar-refractivity contribution >= 4 is 28.9 Å². The summed E-state index contributed by atoms with van der Waals surface area (Å²) in [5.41, 5.74) is 2.17. The van der Waals surface area contributed by atoms with Crippen molar-refractivity contribution in [2.75, 3.05) is 0 Å². The molecule has 0 aliphatic carbocycles. The average Bonchev–Trinajstić information content (AvgIpc) is 3.03. The van der Waals surface area contributed by atoms with Gasteiger partial charge in [-0.15, -0.1) is 0 Å². The minimum Gasteiger partial charge on any atom is -0.306 e. The molecule has 3 rings (SSSR count). The van der Waals surface area contributed by atoms with Crippen LogP contribution in [0.5, 0.6) is 0 Å². The second-order valence-corrected chi connectivity index (χ2v) is 7.72. The Morgan fingerprint density at radius 3 is 2.90 bits per heavy atom. The third-order valence-electron chi connectivity index (χ3n) is 2.90. The van der Waals surface area contributed by atoms with Crippen LogP contribution in [-0.4, -0.2) is 24.3 Å². The summed E-state index contributed by atoms with van der Waals surface area (Å²) < 4.78 is 7.09. The monoisotopic (exact) mass is 319 g/mol. The quantitative estimate of drug-likeness (QED) is 0.800. The van der Waals surface area contributed by atoms with Crippen molar-refractivity contribution in [1.82, 2.24) is 24.1 Å². The predicted octanol–water partition coefficient (Wildman–Crippen LogP) is 3.23. The molecule has 0 fully saturated rings. The predicted molar refractivity (Wildman–Crippen MR) is 85.8 cm³/mol. The van der Waals surface area contributed by atoms with Crippen LogP contribution in [0.3, 0.4) is 0 Å². The minimum atomic E-state index is 0.0591. The van der Waals surface area contributed by atoms with Gasteiger partial charge in [0.2, 0.25) is 0 Å². The van der Waals surface area contributed by atoms with Gasteiger partial charge in [-0.1, -0.05) is 6.07 Å². The largest absolute Gasteiger partial charge is 0.306 e. The summed E-state index contributed by atoms with van der Waals surface area (Å²) in [6, 6.07) is 6.04. The highest BCUT2D eigenvalue weighted by Gasteiger charge is 2.17. The lowest BCUT2D eigenvalue weighted by Crippen LogP contribution is -2.35. The van der Waals surface area contributed by atoms with Crippen LogP contribution < -0.4 is 5.32 Å². The van der Waals surface area contributed by atoms with Gasteiger partial charge in [0.25, 0.3) is 0 Å². The Labute approximate surface area is 132 Å². The van der Waals surface area contributed by atoms with Crippen LogP contribution in [0.2, 0.25) is 0 Å². The van der Waals surface area contributed by atoms with E-state index in [1.165, 1.54) is 11.5 Å². The number of hydrogen-bond acceptors (Lipinski definition) is 6. The molecular weight excluding hydrogens is 302 g/mol. The molecule has 0 unspecified atom stereocenters. The molecule has 0 aliphatic rings. The molecule has 1 N–H and O–H groups in total. The van der Waals surface area contributed by atoms with Crippen LogP contribution in [-0.2, 0) is 6.54 Å². The van der Waals surface area contributed by atoms with Gasteiger partial charge in [0, 0.05) is 18.3 Å². The number of fused-ring (bicyclic) bond motifs is 1. The second-order valence-electron chi connectivity index (χ2n) is 5.71. The Balaban J connectivity index is 1.97. The first kappa shape index (κ1) is 14.5. The Morgan fingerprint density at radius 2 is 2.19 bits per heavy atom. The van der Waals surface area contributed by atoms with Gasteiger partial charge in [0.05, 0.1) is 5.69 Å². The highest BCUT2D eigenvalue weighted by Crippen LogP contribution is 2.31. The molecule has 0 saturated carbocycles. The zero-order valence-corrected chi connectivity index (χ0v) is 13.8. The van der Waals surface area contributed by atoms with E-state index < -0.39 is 0 Å². The standard InChI is InChI=1S/C14H17N5S2/c1-14(2,3)16-8-10-12(20-13-15-9-17-21-13)18-11-6-4-5-7-19(10)11/h4-7,9,16H,8H2,1-3H3. The first-order valence-electron chi connectivity index (χ1n) is 6.68. The Hall–Kier alpha value is -1.44. The summed E-state index contributed by atoms with van der Waals surface area (Å²) in [6.07, 6.45) is 3.63. The Morgan fingerprint density at radius 1 is 1.33 bits per heavy atom. The highest BCUT2D eigenvalue weighted by molar-refractivity contribution is 8.00. The van der Waals surface area contributed by atoms with E-state index in [0.29, 0.717) is 0 Å². The van der Waals surface area contributed by atoms with Crippen LogP contribution in [0.15, 0.2) is 40.1 Å². The van der Waals surface area contributed by atoms with Gasteiger partial charge in [-0.3, -0.25) is 0 Å². The normalized spacial score (nSPS) is 12.1. The van der Waals surface area contributed by atoms with E-state index in [2.05, 4.69) is 39.8 Å². The van der Waals surface area contributed by atoms with Gasteiger partial charge in [-0.2, -0.15) is 4.37 Å². The van der Waals surface area contributed by atoms with Gasteiger partial charge in [0.1, 0.15) is 17.0 Å². The Kier molecular flexibility index (Phi) is 3.97. The number of nitrogens with zero attached hydrogens (tertiary/aromatic N) is 4. The van der Waals surface area contributed by atoms with Crippen molar-refractivity contribution in [3.8, 4) is 0 Å². The van der Waals surface area contributed by atoms with Crippen molar-refractivity contribution in [3.05, 3.63) is 36.4 Å². The molecule has 0 atom stereocenters. The fourth-order valence-corrected chi connectivity index (χ4v) is 3.39. The molecule has 0 amide bonds. The van der Waals surface area contributed by atoms with Gasteiger partial charge in [-0.25, -0.2) is 9.97 Å². The average molecular weight is 319 g/mol. The van der Waals surface area contributed by atoms with Gasteiger partial charge in [0.15, 0.2) is 4.34 Å². The maximum absolute atomic E-state index is 4.71. The fraction of sp³-hybridized carbons (Fsp3) is 0.357. The molecule has 7 heteroatoms. The van der Waals surface area contributed by atoms with E-state index >= 15 is 0 Å². The van der Waals surface area contributed by atoms with E-state index in [-0.39, 0.29) is 5.54 Å². The lowest BCUT2D eigenvalue weighted by Gasteiger charge is -2.20. The van der Waals surface area contributed by atoms with E-state index in [1.54, 1.807) is 18.1 Å². The molecule has 3 aromatic rings. The molecule has 0 spiro atoms. The maximum Gasteiger partial charge on any atom is 0.176 e. The third kappa shape index (κ3) is 3.42. The second kappa shape index (κ2) is 5.75.